The highest BCUT2D eigenvalue weighted by Gasteiger charge is 2.34. The van der Waals surface area contributed by atoms with Crippen LogP contribution in [-0.4, -0.2) is 30.6 Å². The Morgan fingerprint density at radius 1 is 1.40 bits per heavy atom. The Hall–Kier alpha value is -1.65. The number of aromatic nitrogens is 1. The van der Waals surface area contributed by atoms with Crippen LogP contribution < -0.4 is 4.90 Å². The molecule has 1 saturated heterocycles. The second kappa shape index (κ2) is 5.77. The number of nitrogens with zero attached hydrogens (tertiary/aromatic N) is 2. The summed E-state index contributed by atoms with van der Waals surface area (Å²) in [6.07, 6.45) is -0.241. The molecule has 0 amide bonds. The van der Waals surface area contributed by atoms with Gasteiger partial charge in [0.25, 0.3) is 5.92 Å². The minimum absolute atomic E-state index is 0.121. The van der Waals surface area contributed by atoms with Crippen molar-refractivity contribution in [2.75, 3.05) is 24.6 Å². The highest BCUT2D eigenvalue weighted by atomic mass is 19.3. The van der Waals surface area contributed by atoms with Gasteiger partial charge in [0.1, 0.15) is 17.3 Å². The predicted octanol–water partition coefficient (Wildman–Crippen LogP) is 3.63. The normalized spacial score (nSPS) is 17.9. The van der Waals surface area contributed by atoms with Gasteiger partial charge in [0.05, 0.1) is 6.61 Å². The van der Waals surface area contributed by atoms with Gasteiger partial charge in [-0.3, -0.25) is 0 Å². The second-order valence-electron chi connectivity index (χ2n) is 5.09. The van der Waals surface area contributed by atoms with Gasteiger partial charge < -0.3 is 9.64 Å². The zero-order chi connectivity index (χ0) is 14.8. The lowest BCUT2D eigenvalue weighted by atomic mass is 10.1. The van der Waals surface area contributed by atoms with E-state index in [-0.39, 0.29) is 12.8 Å². The number of hydrogen-bond acceptors (Lipinski definition) is 3. The van der Waals surface area contributed by atoms with E-state index in [0.717, 1.165) is 11.4 Å². The average Bonchev–Trinajstić information content (AvgIpc) is 2.38. The fraction of sp³-hybridized carbons (Fsp3) is 0.533. The Kier molecular flexibility index (Phi) is 4.26. The maximum Gasteiger partial charge on any atom is 0.251 e. The molecule has 0 aliphatic carbocycles. The molecule has 0 saturated carbocycles. The van der Waals surface area contributed by atoms with Gasteiger partial charge in [0.2, 0.25) is 0 Å². The van der Waals surface area contributed by atoms with Gasteiger partial charge in [-0.1, -0.05) is 6.58 Å². The molecule has 0 atom stereocenters. The van der Waals surface area contributed by atoms with Gasteiger partial charge in [-0.05, 0) is 31.5 Å². The van der Waals surface area contributed by atoms with Crippen molar-refractivity contribution >= 4 is 11.6 Å². The molecular weight excluding hydrogens is 262 g/mol. The lowest BCUT2D eigenvalue weighted by Gasteiger charge is -2.32. The molecule has 2 heterocycles. The summed E-state index contributed by atoms with van der Waals surface area (Å²) in [4.78, 5) is 6.38. The van der Waals surface area contributed by atoms with Crippen LogP contribution in [0, 0.1) is 6.92 Å². The van der Waals surface area contributed by atoms with Crippen LogP contribution in [0.1, 0.15) is 31.0 Å². The molecule has 1 aromatic heterocycles. The summed E-state index contributed by atoms with van der Waals surface area (Å²) in [6.45, 7) is 8.85. The number of halogens is 2. The fourth-order valence-corrected chi connectivity index (χ4v) is 2.26. The Morgan fingerprint density at radius 3 is 2.65 bits per heavy atom. The van der Waals surface area contributed by atoms with Crippen LogP contribution in [0.15, 0.2) is 18.7 Å². The minimum Gasteiger partial charge on any atom is -0.492 e. The molecule has 1 aliphatic rings. The van der Waals surface area contributed by atoms with E-state index in [9.17, 15) is 8.78 Å². The van der Waals surface area contributed by atoms with Crippen LogP contribution in [0.5, 0.6) is 0 Å². The molecule has 5 heteroatoms. The van der Waals surface area contributed by atoms with Crippen LogP contribution >= 0.6 is 0 Å². The molecule has 0 spiro atoms. The third-order valence-electron chi connectivity index (χ3n) is 3.38. The first-order valence-corrected chi connectivity index (χ1v) is 6.85. The summed E-state index contributed by atoms with van der Waals surface area (Å²) in [5.74, 6) is -1.31. The summed E-state index contributed by atoms with van der Waals surface area (Å²) in [5.41, 5.74) is 1.68. The number of aryl methyl sites for hydroxylation is 1. The molecule has 110 valence electrons. The van der Waals surface area contributed by atoms with E-state index in [2.05, 4.69) is 11.6 Å². The van der Waals surface area contributed by atoms with Gasteiger partial charge in [0, 0.05) is 25.9 Å². The number of rotatable bonds is 4. The second-order valence-corrected chi connectivity index (χ2v) is 5.09. The summed E-state index contributed by atoms with van der Waals surface area (Å²) in [7, 11) is 0. The Balaban J connectivity index is 2.18. The number of anilines is 1. The van der Waals surface area contributed by atoms with Crippen LogP contribution in [-0.2, 0) is 4.74 Å². The molecule has 1 aliphatic heterocycles. The first-order chi connectivity index (χ1) is 9.41. The summed E-state index contributed by atoms with van der Waals surface area (Å²) in [5, 5.41) is 0. The molecule has 1 fully saturated rings. The van der Waals surface area contributed by atoms with E-state index in [1.807, 2.05) is 30.9 Å². The van der Waals surface area contributed by atoms with Crippen LogP contribution in [0.4, 0.5) is 14.6 Å². The van der Waals surface area contributed by atoms with E-state index >= 15 is 0 Å². The number of pyridine rings is 1. The highest BCUT2D eigenvalue weighted by Crippen LogP contribution is 2.30. The smallest absolute Gasteiger partial charge is 0.251 e. The minimum atomic E-state index is -2.54. The van der Waals surface area contributed by atoms with E-state index < -0.39 is 5.92 Å². The molecule has 0 aromatic carbocycles. The Labute approximate surface area is 118 Å². The van der Waals surface area contributed by atoms with Crippen molar-refractivity contribution < 1.29 is 13.5 Å². The van der Waals surface area contributed by atoms with Crippen molar-refractivity contribution in [2.45, 2.75) is 32.6 Å². The van der Waals surface area contributed by atoms with E-state index in [1.54, 1.807) is 0 Å². The molecule has 0 radical (unpaired) electrons. The van der Waals surface area contributed by atoms with Crippen LogP contribution in [0.3, 0.4) is 0 Å². The van der Waals surface area contributed by atoms with Gasteiger partial charge >= 0.3 is 0 Å². The maximum atomic E-state index is 13.2. The third kappa shape index (κ3) is 3.46. The van der Waals surface area contributed by atoms with Crippen molar-refractivity contribution in [3.05, 3.63) is 30.0 Å². The zero-order valence-electron chi connectivity index (χ0n) is 12.0. The number of hydrogen-bond donors (Lipinski definition) is 0. The quantitative estimate of drug-likeness (QED) is 0.788. The average molecular weight is 282 g/mol. The topological polar surface area (TPSA) is 25.4 Å². The molecule has 3 nitrogen and oxygen atoms in total. The van der Waals surface area contributed by atoms with Gasteiger partial charge in [-0.15, -0.1) is 0 Å². The van der Waals surface area contributed by atoms with E-state index in [1.165, 1.54) is 0 Å². The third-order valence-corrected chi connectivity index (χ3v) is 3.38. The van der Waals surface area contributed by atoms with Crippen LogP contribution in [0.25, 0.3) is 5.76 Å². The summed E-state index contributed by atoms with van der Waals surface area (Å²) < 4.78 is 31.8. The number of piperidine rings is 1. The first kappa shape index (κ1) is 14.8. The molecule has 0 bridgehead atoms. The SMILES string of the molecule is C=C(OCC)c1cc(C)cc(N2CCC(F)(F)CC2)n1. The molecular formula is C15H20F2N2O. The fourth-order valence-electron chi connectivity index (χ4n) is 2.26. The number of ether oxygens (including phenoxy) is 1. The summed E-state index contributed by atoms with van der Waals surface area (Å²) in [6, 6.07) is 3.80. The van der Waals surface area contributed by atoms with Gasteiger partial charge in [0.15, 0.2) is 0 Å². The number of alkyl halides is 2. The van der Waals surface area contributed by atoms with E-state index in [0.29, 0.717) is 31.1 Å². The van der Waals surface area contributed by atoms with Crippen molar-refractivity contribution in [3.63, 3.8) is 0 Å². The molecule has 0 unspecified atom stereocenters. The lowest BCUT2D eigenvalue weighted by molar-refractivity contribution is -0.0221. The van der Waals surface area contributed by atoms with E-state index in [4.69, 9.17) is 4.74 Å². The first-order valence-electron chi connectivity index (χ1n) is 6.85. The Morgan fingerprint density at radius 2 is 2.05 bits per heavy atom. The highest BCUT2D eigenvalue weighted by molar-refractivity contribution is 5.58. The molecule has 20 heavy (non-hydrogen) atoms. The maximum absolute atomic E-state index is 13.2. The van der Waals surface area contributed by atoms with Gasteiger partial charge in [-0.25, -0.2) is 13.8 Å². The predicted molar refractivity (Wildman–Crippen MR) is 76.0 cm³/mol. The van der Waals surface area contributed by atoms with Crippen molar-refractivity contribution in [1.82, 2.24) is 4.98 Å². The molecule has 1 aromatic rings. The van der Waals surface area contributed by atoms with Gasteiger partial charge in [-0.2, -0.15) is 0 Å². The largest absolute Gasteiger partial charge is 0.492 e. The van der Waals surface area contributed by atoms with Crippen molar-refractivity contribution in [3.8, 4) is 0 Å². The van der Waals surface area contributed by atoms with Crippen molar-refractivity contribution in [2.24, 2.45) is 0 Å². The lowest BCUT2D eigenvalue weighted by Crippen LogP contribution is -2.39. The standard InChI is InChI=1S/C15H20F2N2O/c1-4-20-12(3)13-9-11(2)10-14(18-13)19-7-5-15(16,17)6-8-19/h9-10H,3-8H2,1-2H3. The zero-order valence-corrected chi connectivity index (χ0v) is 12.0. The summed E-state index contributed by atoms with van der Waals surface area (Å²) >= 11 is 0. The van der Waals surface area contributed by atoms with Crippen LogP contribution in [0.2, 0.25) is 0 Å². The monoisotopic (exact) mass is 282 g/mol. The van der Waals surface area contributed by atoms with Crippen molar-refractivity contribution in [1.29, 1.82) is 0 Å². The Bertz CT molecular complexity index is 493. The molecule has 0 N–H and O–H groups in total. The molecule has 2 rings (SSSR count).